The highest BCUT2D eigenvalue weighted by atomic mass is 32.1. The molecule has 0 bridgehead atoms. The maximum atomic E-state index is 10.2. The molecular weight excluding hydrogens is 152 g/mol. The summed E-state index contributed by atoms with van der Waals surface area (Å²) in [5, 5.41) is 15.4. The van der Waals surface area contributed by atoms with Crippen LogP contribution in [0.2, 0.25) is 0 Å². The van der Waals surface area contributed by atoms with Gasteiger partial charge in [-0.25, -0.2) is 9.90 Å². The molecule has 0 fully saturated rings. The standard InChI is InChI=1S/C5H5N2O2S/c1-3(5(8)9)4-2-10-7-6-4/h2-3H,1H3. The summed E-state index contributed by atoms with van der Waals surface area (Å²) in [4.78, 5) is 10.2. The summed E-state index contributed by atoms with van der Waals surface area (Å²) in [6.45, 7) is 1.52. The van der Waals surface area contributed by atoms with Crippen LogP contribution in [0.25, 0.3) is 0 Å². The molecule has 1 radical (unpaired) electrons. The van der Waals surface area contributed by atoms with Crippen molar-refractivity contribution in [1.82, 2.24) is 9.59 Å². The molecule has 0 aliphatic heterocycles. The molecule has 0 amide bonds. The molecule has 0 saturated heterocycles. The zero-order valence-corrected chi connectivity index (χ0v) is 6.09. The highest BCUT2D eigenvalue weighted by Crippen LogP contribution is 2.12. The third-order valence-corrected chi connectivity index (χ3v) is 1.70. The van der Waals surface area contributed by atoms with Gasteiger partial charge in [0, 0.05) is 5.38 Å². The molecule has 1 rings (SSSR count). The van der Waals surface area contributed by atoms with Crippen molar-refractivity contribution in [1.29, 1.82) is 0 Å². The lowest BCUT2D eigenvalue weighted by atomic mass is 10.1. The van der Waals surface area contributed by atoms with Gasteiger partial charge in [0.1, 0.15) is 5.92 Å². The van der Waals surface area contributed by atoms with E-state index in [4.69, 9.17) is 0 Å². The van der Waals surface area contributed by atoms with Crippen LogP contribution in [0.15, 0.2) is 5.38 Å². The van der Waals surface area contributed by atoms with Crippen LogP contribution in [0.3, 0.4) is 0 Å². The number of nitrogens with zero attached hydrogens (tertiary/aromatic N) is 2. The molecule has 1 heterocycles. The lowest BCUT2D eigenvalue weighted by molar-refractivity contribution is -0.144. The van der Waals surface area contributed by atoms with E-state index in [1.807, 2.05) is 0 Å². The van der Waals surface area contributed by atoms with Crippen molar-refractivity contribution in [2.45, 2.75) is 12.8 Å². The minimum Gasteiger partial charge on any atom is -0.247 e. The third kappa shape index (κ3) is 1.30. The van der Waals surface area contributed by atoms with Crippen molar-refractivity contribution >= 4 is 17.5 Å². The van der Waals surface area contributed by atoms with E-state index in [2.05, 4.69) is 9.59 Å². The van der Waals surface area contributed by atoms with Gasteiger partial charge in [0.25, 0.3) is 0 Å². The fourth-order valence-electron chi connectivity index (χ4n) is 0.481. The number of carbonyl (C=O) groups is 1. The highest BCUT2D eigenvalue weighted by Gasteiger charge is 2.17. The molecular formula is C5H5N2O2S. The first kappa shape index (κ1) is 7.14. The molecule has 5 heteroatoms. The fourth-order valence-corrected chi connectivity index (χ4v) is 1.03. The summed E-state index contributed by atoms with van der Waals surface area (Å²) < 4.78 is 3.53. The number of rotatable bonds is 2. The van der Waals surface area contributed by atoms with Gasteiger partial charge < -0.3 is 0 Å². The summed E-state index contributed by atoms with van der Waals surface area (Å²) >= 11 is 1.13. The van der Waals surface area contributed by atoms with E-state index in [0.29, 0.717) is 5.69 Å². The first-order valence-electron chi connectivity index (χ1n) is 2.69. The Hall–Kier alpha value is -0.970. The molecule has 0 aliphatic rings. The van der Waals surface area contributed by atoms with Gasteiger partial charge in [-0.2, -0.15) is 0 Å². The molecule has 1 aromatic rings. The van der Waals surface area contributed by atoms with Crippen molar-refractivity contribution in [3.63, 3.8) is 0 Å². The molecule has 0 N–H and O–H groups in total. The largest absolute Gasteiger partial charge is 0.364 e. The van der Waals surface area contributed by atoms with Crippen LogP contribution in [0.1, 0.15) is 18.5 Å². The summed E-state index contributed by atoms with van der Waals surface area (Å²) in [5.41, 5.74) is 0.463. The minimum atomic E-state index is -1.12. The van der Waals surface area contributed by atoms with Crippen molar-refractivity contribution in [2.75, 3.05) is 0 Å². The van der Waals surface area contributed by atoms with Gasteiger partial charge in [-0.3, -0.25) is 0 Å². The molecule has 53 valence electrons. The van der Waals surface area contributed by atoms with Crippen LogP contribution in [0, 0.1) is 0 Å². The summed E-state index contributed by atoms with van der Waals surface area (Å²) in [7, 11) is 0. The van der Waals surface area contributed by atoms with Gasteiger partial charge in [0.05, 0.1) is 5.69 Å². The zero-order chi connectivity index (χ0) is 7.56. The number of carbonyl (C=O) groups excluding carboxylic acids is 1. The van der Waals surface area contributed by atoms with Crippen LogP contribution in [-0.4, -0.2) is 15.6 Å². The van der Waals surface area contributed by atoms with Crippen LogP contribution in [0.4, 0.5) is 0 Å². The van der Waals surface area contributed by atoms with Crippen LogP contribution in [0.5, 0.6) is 0 Å². The van der Waals surface area contributed by atoms with Crippen molar-refractivity contribution in [2.24, 2.45) is 0 Å². The van der Waals surface area contributed by atoms with Crippen molar-refractivity contribution < 1.29 is 9.90 Å². The summed E-state index contributed by atoms with van der Waals surface area (Å²) in [5.74, 6) is -1.77. The van der Waals surface area contributed by atoms with Gasteiger partial charge in [-0.05, 0) is 18.5 Å². The number of hydrogen-bond acceptors (Lipinski definition) is 4. The van der Waals surface area contributed by atoms with E-state index in [1.54, 1.807) is 5.38 Å². The predicted molar refractivity (Wildman–Crippen MR) is 34.0 cm³/mol. The van der Waals surface area contributed by atoms with E-state index in [9.17, 15) is 9.90 Å². The second-order valence-electron chi connectivity index (χ2n) is 1.87. The van der Waals surface area contributed by atoms with Crippen LogP contribution >= 0.6 is 11.5 Å². The van der Waals surface area contributed by atoms with Crippen molar-refractivity contribution in [3.8, 4) is 0 Å². The smallest absolute Gasteiger partial charge is 0.247 e. The normalized spacial score (nSPS) is 12.9. The van der Waals surface area contributed by atoms with E-state index in [0.717, 1.165) is 11.5 Å². The molecule has 10 heavy (non-hydrogen) atoms. The van der Waals surface area contributed by atoms with Gasteiger partial charge in [0.15, 0.2) is 0 Å². The van der Waals surface area contributed by atoms with Gasteiger partial charge >= 0.3 is 5.97 Å². The maximum Gasteiger partial charge on any atom is 0.364 e. The Morgan fingerprint density at radius 3 is 2.90 bits per heavy atom. The molecule has 4 nitrogen and oxygen atoms in total. The first-order chi connectivity index (χ1) is 4.72. The molecule has 0 aromatic carbocycles. The summed E-state index contributed by atoms with van der Waals surface area (Å²) in [6.07, 6.45) is 0. The van der Waals surface area contributed by atoms with E-state index in [-0.39, 0.29) is 0 Å². The molecule has 1 unspecified atom stereocenters. The quantitative estimate of drug-likeness (QED) is 0.631. The highest BCUT2D eigenvalue weighted by molar-refractivity contribution is 7.03. The fraction of sp³-hybridized carbons (Fsp3) is 0.400. The maximum absolute atomic E-state index is 10.2. The molecule has 1 aromatic heterocycles. The van der Waals surface area contributed by atoms with Gasteiger partial charge in [0.2, 0.25) is 0 Å². The van der Waals surface area contributed by atoms with E-state index >= 15 is 0 Å². The predicted octanol–water partition coefficient (Wildman–Crippen LogP) is 0.599. The lowest BCUT2D eigenvalue weighted by Gasteiger charge is -1.94. The Morgan fingerprint density at radius 2 is 2.50 bits per heavy atom. The molecule has 0 saturated carbocycles. The second-order valence-corrected chi connectivity index (χ2v) is 2.48. The Bertz CT molecular complexity index is 222. The van der Waals surface area contributed by atoms with Gasteiger partial charge in [-0.1, -0.05) is 4.49 Å². The minimum absolute atomic E-state index is 0.463. The average molecular weight is 157 g/mol. The monoisotopic (exact) mass is 157 g/mol. The Balaban J connectivity index is 2.77. The summed E-state index contributed by atoms with van der Waals surface area (Å²) in [6, 6.07) is 0. The molecule has 1 atom stereocenters. The van der Waals surface area contributed by atoms with E-state index in [1.165, 1.54) is 6.92 Å². The topological polar surface area (TPSA) is 62.8 Å². The van der Waals surface area contributed by atoms with Crippen LogP contribution in [-0.2, 0) is 9.90 Å². The SMILES string of the molecule is CC(C([O])=O)c1csnn1. The Kier molecular flexibility index (Phi) is 1.96. The lowest BCUT2D eigenvalue weighted by Crippen LogP contribution is -2.05. The number of hydrogen-bond donors (Lipinski definition) is 0. The first-order valence-corrected chi connectivity index (χ1v) is 3.53. The zero-order valence-electron chi connectivity index (χ0n) is 5.27. The van der Waals surface area contributed by atoms with Crippen LogP contribution < -0.4 is 0 Å². The van der Waals surface area contributed by atoms with E-state index < -0.39 is 11.9 Å². The second kappa shape index (κ2) is 2.74. The Labute approximate surface area is 61.7 Å². The Morgan fingerprint density at radius 1 is 1.80 bits per heavy atom. The number of aromatic nitrogens is 2. The molecule has 0 spiro atoms. The third-order valence-electron chi connectivity index (χ3n) is 1.17. The average Bonchev–Trinajstić information content (AvgIpc) is 2.36. The van der Waals surface area contributed by atoms with Crippen molar-refractivity contribution in [3.05, 3.63) is 11.1 Å². The molecule has 0 aliphatic carbocycles. The van der Waals surface area contributed by atoms with Gasteiger partial charge in [-0.15, -0.1) is 5.10 Å².